The highest BCUT2D eigenvalue weighted by Gasteiger charge is 2.09. The number of nitrogen functional groups attached to an aromatic ring is 1. The minimum absolute atomic E-state index is 0.504. The third-order valence-corrected chi connectivity index (χ3v) is 3.39. The van der Waals surface area contributed by atoms with E-state index in [1.807, 2.05) is 41.8 Å². The molecule has 16 heavy (non-hydrogen) atoms. The SMILES string of the molecule is Nc1nnc(-c2ccccc2)c2ccsc12. The van der Waals surface area contributed by atoms with Crippen LogP contribution in [0.4, 0.5) is 5.82 Å². The van der Waals surface area contributed by atoms with E-state index in [-0.39, 0.29) is 0 Å². The topological polar surface area (TPSA) is 51.8 Å². The minimum Gasteiger partial charge on any atom is -0.381 e. The largest absolute Gasteiger partial charge is 0.381 e. The van der Waals surface area contributed by atoms with Crippen LogP contribution in [0.3, 0.4) is 0 Å². The smallest absolute Gasteiger partial charge is 0.164 e. The van der Waals surface area contributed by atoms with E-state index in [1.54, 1.807) is 11.3 Å². The zero-order valence-electron chi connectivity index (χ0n) is 8.42. The van der Waals surface area contributed by atoms with Gasteiger partial charge in [0.2, 0.25) is 0 Å². The van der Waals surface area contributed by atoms with Crippen molar-refractivity contribution in [1.82, 2.24) is 10.2 Å². The van der Waals surface area contributed by atoms with Crippen LogP contribution in [-0.4, -0.2) is 10.2 Å². The standard InChI is InChI=1S/C12H9N3S/c13-12-11-9(6-7-16-11)10(14-15-12)8-4-2-1-3-5-8/h1-7H,(H2,13,15). The zero-order valence-corrected chi connectivity index (χ0v) is 9.24. The molecule has 0 atom stereocenters. The first-order valence-corrected chi connectivity index (χ1v) is 5.79. The van der Waals surface area contributed by atoms with Gasteiger partial charge in [0, 0.05) is 10.9 Å². The van der Waals surface area contributed by atoms with Crippen molar-refractivity contribution in [1.29, 1.82) is 0 Å². The predicted octanol–water partition coefficient (Wildman–Crippen LogP) is 2.94. The van der Waals surface area contributed by atoms with Crippen molar-refractivity contribution >= 4 is 27.2 Å². The lowest BCUT2D eigenvalue weighted by Crippen LogP contribution is -1.95. The summed E-state index contributed by atoms with van der Waals surface area (Å²) in [5, 5.41) is 11.3. The summed E-state index contributed by atoms with van der Waals surface area (Å²) in [5.41, 5.74) is 7.75. The van der Waals surface area contributed by atoms with Crippen LogP contribution in [0.5, 0.6) is 0 Å². The molecule has 3 nitrogen and oxygen atoms in total. The van der Waals surface area contributed by atoms with E-state index in [1.165, 1.54) is 0 Å². The first kappa shape index (κ1) is 9.30. The molecule has 1 aromatic carbocycles. The van der Waals surface area contributed by atoms with Crippen LogP contribution in [0.2, 0.25) is 0 Å². The van der Waals surface area contributed by atoms with Gasteiger partial charge in [0.25, 0.3) is 0 Å². The van der Waals surface area contributed by atoms with Crippen LogP contribution in [0.25, 0.3) is 21.3 Å². The number of anilines is 1. The van der Waals surface area contributed by atoms with Crippen molar-refractivity contribution in [2.45, 2.75) is 0 Å². The summed E-state index contributed by atoms with van der Waals surface area (Å²) < 4.78 is 1.01. The second-order valence-corrected chi connectivity index (χ2v) is 4.38. The molecule has 0 aliphatic rings. The molecule has 0 amide bonds. The van der Waals surface area contributed by atoms with Gasteiger partial charge in [0.05, 0.1) is 4.70 Å². The molecular formula is C12H9N3S. The van der Waals surface area contributed by atoms with Gasteiger partial charge in [-0.15, -0.1) is 21.5 Å². The Morgan fingerprint density at radius 1 is 1.00 bits per heavy atom. The first-order chi connectivity index (χ1) is 7.86. The number of nitrogens with two attached hydrogens (primary N) is 1. The molecule has 2 aromatic heterocycles. The van der Waals surface area contributed by atoms with E-state index in [2.05, 4.69) is 10.2 Å². The Bertz CT molecular complexity index is 631. The Labute approximate surface area is 96.6 Å². The third-order valence-electron chi connectivity index (χ3n) is 2.46. The van der Waals surface area contributed by atoms with Gasteiger partial charge >= 0.3 is 0 Å². The molecule has 78 valence electrons. The van der Waals surface area contributed by atoms with Gasteiger partial charge in [-0.25, -0.2) is 0 Å². The molecule has 0 fully saturated rings. The predicted molar refractivity (Wildman–Crippen MR) is 67.3 cm³/mol. The number of aromatic nitrogens is 2. The monoisotopic (exact) mass is 227 g/mol. The Morgan fingerprint density at radius 3 is 2.62 bits per heavy atom. The molecule has 0 bridgehead atoms. The van der Waals surface area contributed by atoms with Gasteiger partial charge in [-0.05, 0) is 11.4 Å². The van der Waals surface area contributed by atoms with Crippen LogP contribution in [0.15, 0.2) is 41.8 Å². The second-order valence-electron chi connectivity index (χ2n) is 3.46. The highest BCUT2D eigenvalue weighted by atomic mass is 32.1. The van der Waals surface area contributed by atoms with Crippen molar-refractivity contribution in [2.75, 3.05) is 5.73 Å². The first-order valence-electron chi connectivity index (χ1n) is 4.91. The van der Waals surface area contributed by atoms with Crippen molar-refractivity contribution in [3.05, 3.63) is 41.8 Å². The molecule has 0 spiro atoms. The summed E-state index contributed by atoms with van der Waals surface area (Å²) in [5.74, 6) is 0.504. The van der Waals surface area contributed by atoms with Gasteiger partial charge in [-0.2, -0.15) is 0 Å². The molecule has 2 N–H and O–H groups in total. The van der Waals surface area contributed by atoms with Gasteiger partial charge < -0.3 is 5.73 Å². The maximum Gasteiger partial charge on any atom is 0.164 e. The Balaban J connectivity index is 2.33. The van der Waals surface area contributed by atoms with E-state index < -0.39 is 0 Å². The fraction of sp³-hybridized carbons (Fsp3) is 0. The third kappa shape index (κ3) is 1.35. The molecule has 0 aliphatic carbocycles. The Hall–Kier alpha value is -1.94. The van der Waals surface area contributed by atoms with Gasteiger partial charge in [0.15, 0.2) is 5.82 Å². The zero-order chi connectivity index (χ0) is 11.0. The average Bonchev–Trinajstić information content (AvgIpc) is 2.81. The van der Waals surface area contributed by atoms with Crippen LogP contribution in [0, 0.1) is 0 Å². The fourth-order valence-corrected chi connectivity index (χ4v) is 2.50. The highest BCUT2D eigenvalue weighted by Crippen LogP contribution is 2.31. The lowest BCUT2D eigenvalue weighted by Gasteiger charge is -2.02. The lowest BCUT2D eigenvalue weighted by atomic mass is 10.1. The fourth-order valence-electron chi connectivity index (χ4n) is 1.71. The number of hydrogen-bond donors (Lipinski definition) is 1. The minimum atomic E-state index is 0.504. The Morgan fingerprint density at radius 2 is 1.81 bits per heavy atom. The van der Waals surface area contributed by atoms with Gasteiger partial charge in [-0.3, -0.25) is 0 Å². The molecule has 3 rings (SSSR count). The van der Waals surface area contributed by atoms with Crippen LogP contribution in [0.1, 0.15) is 0 Å². The normalized spacial score (nSPS) is 10.8. The summed E-state index contributed by atoms with van der Waals surface area (Å²) in [6.07, 6.45) is 0. The molecule has 2 heterocycles. The van der Waals surface area contributed by atoms with Gasteiger partial charge in [-0.1, -0.05) is 30.3 Å². The van der Waals surface area contributed by atoms with Crippen LogP contribution in [-0.2, 0) is 0 Å². The summed E-state index contributed by atoms with van der Waals surface area (Å²) in [6, 6.07) is 12.1. The average molecular weight is 227 g/mol. The van der Waals surface area contributed by atoms with Crippen molar-refractivity contribution < 1.29 is 0 Å². The molecule has 3 aromatic rings. The molecule has 0 saturated carbocycles. The molecule has 0 unspecified atom stereocenters. The number of fused-ring (bicyclic) bond motifs is 1. The summed E-state index contributed by atoms with van der Waals surface area (Å²) >= 11 is 1.60. The molecule has 4 heteroatoms. The van der Waals surface area contributed by atoms with Crippen molar-refractivity contribution in [2.24, 2.45) is 0 Å². The summed E-state index contributed by atoms with van der Waals surface area (Å²) in [4.78, 5) is 0. The number of benzene rings is 1. The quantitative estimate of drug-likeness (QED) is 0.695. The van der Waals surface area contributed by atoms with E-state index in [9.17, 15) is 0 Å². The number of thiophene rings is 1. The van der Waals surface area contributed by atoms with E-state index in [0.29, 0.717) is 5.82 Å². The van der Waals surface area contributed by atoms with E-state index >= 15 is 0 Å². The molecule has 0 aliphatic heterocycles. The molecule has 0 radical (unpaired) electrons. The second kappa shape index (κ2) is 3.57. The highest BCUT2D eigenvalue weighted by molar-refractivity contribution is 7.17. The van der Waals surface area contributed by atoms with Crippen LogP contribution >= 0.6 is 11.3 Å². The molecule has 0 saturated heterocycles. The number of hydrogen-bond acceptors (Lipinski definition) is 4. The van der Waals surface area contributed by atoms with Crippen molar-refractivity contribution in [3.8, 4) is 11.3 Å². The lowest BCUT2D eigenvalue weighted by molar-refractivity contribution is 1.07. The number of rotatable bonds is 1. The van der Waals surface area contributed by atoms with E-state index in [0.717, 1.165) is 21.3 Å². The van der Waals surface area contributed by atoms with Gasteiger partial charge in [0.1, 0.15) is 5.69 Å². The van der Waals surface area contributed by atoms with E-state index in [4.69, 9.17) is 5.73 Å². The summed E-state index contributed by atoms with van der Waals surface area (Å²) in [6.45, 7) is 0. The maximum absolute atomic E-state index is 5.78. The summed E-state index contributed by atoms with van der Waals surface area (Å²) in [7, 11) is 0. The Kier molecular flexibility index (Phi) is 2.08. The number of nitrogens with zero attached hydrogens (tertiary/aromatic N) is 2. The van der Waals surface area contributed by atoms with Crippen molar-refractivity contribution in [3.63, 3.8) is 0 Å². The maximum atomic E-state index is 5.78. The van der Waals surface area contributed by atoms with Crippen LogP contribution < -0.4 is 5.73 Å². The molecular weight excluding hydrogens is 218 g/mol.